The van der Waals surface area contributed by atoms with E-state index < -0.39 is 0 Å². The molecule has 1 aromatic rings. The molecule has 0 fully saturated rings. The highest BCUT2D eigenvalue weighted by molar-refractivity contribution is 5.45. The van der Waals surface area contributed by atoms with Crippen molar-refractivity contribution in [1.29, 1.82) is 0 Å². The van der Waals surface area contributed by atoms with Crippen molar-refractivity contribution in [1.82, 2.24) is 0 Å². The summed E-state index contributed by atoms with van der Waals surface area (Å²) in [5.74, 6) is -0.196. The molecule has 0 amide bonds. The standard InChI is InChI=1S/C13H21FN2/c1-13(2,8-9-15)10-16(3)12-6-4-11(14)5-7-12/h4-7H,8-10,15H2,1-3H3. The largest absolute Gasteiger partial charge is 0.374 e. The van der Waals surface area contributed by atoms with E-state index in [9.17, 15) is 4.39 Å². The molecule has 90 valence electrons. The Morgan fingerprint density at radius 3 is 2.31 bits per heavy atom. The van der Waals surface area contributed by atoms with Gasteiger partial charge >= 0.3 is 0 Å². The van der Waals surface area contributed by atoms with E-state index in [-0.39, 0.29) is 11.2 Å². The summed E-state index contributed by atoms with van der Waals surface area (Å²) in [6.45, 7) is 6.00. The van der Waals surface area contributed by atoms with E-state index in [1.54, 1.807) is 12.1 Å². The van der Waals surface area contributed by atoms with Crippen LogP contribution in [0.25, 0.3) is 0 Å². The van der Waals surface area contributed by atoms with Crippen LogP contribution in [-0.4, -0.2) is 20.1 Å². The molecule has 0 atom stereocenters. The number of rotatable bonds is 5. The Morgan fingerprint density at radius 2 is 1.81 bits per heavy atom. The van der Waals surface area contributed by atoms with Crippen LogP contribution in [0.1, 0.15) is 20.3 Å². The van der Waals surface area contributed by atoms with Crippen LogP contribution in [-0.2, 0) is 0 Å². The van der Waals surface area contributed by atoms with Crippen LogP contribution < -0.4 is 10.6 Å². The summed E-state index contributed by atoms with van der Waals surface area (Å²) >= 11 is 0. The van der Waals surface area contributed by atoms with Crippen molar-refractivity contribution in [3.63, 3.8) is 0 Å². The average Bonchev–Trinajstić information content (AvgIpc) is 2.17. The van der Waals surface area contributed by atoms with E-state index in [1.807, 2.05) is 7.05 Å². The van der Waals surface area contributed by atoms with E-state index in [1.165, 1.54) is 12.1 Å². The molecular formula is C13H21FN2. The molecule has 0 aromatic heterocycles. The van der Waals surface area contributed by atoms with Gasteiger partial charge < -0.3 is 10.6 Å². The summed E-state index contributed by atoms with van der Waals surface area (Å²) in [5, 5.41) is 0. The lowest BCUT2D eigenvalue weighted by molar-refractivity contribution is 0.347. The first kappa shape index (κ1) is 13.0. The summed E-state index contributed by atoms with van der Waals surface area (Å²) in [5.41, 5.74) is 6.79. The summed E-state index contributed by atoms with van der Waals surface area (Å²) in [7, 11) is 2.02. The van der Waals surface area contributed by atoms with Gasteiger partial charge in [0.2, 0.25) is 0 Å². The fourth-order valence-electron chi connectivity index (χ4n) is 1.90. The van der Waals surface area contributed by atoms with Crippen molar-refractivity contribution in [2.75, 3.05) is 25.0 Å². The minimum Gasteiger partial charge on any atom is -0.374 e. The molecule has 0 bridgehead atoms. The molecule has 16 heavy (non-hydrogen) atoms. The molecule has 3 heteroatoms. The van der Waals surface area contributed by atoms with Gasteiger partial charge in [-0.15, -0.1) is 0 Å². The van der Waals surface area contributed by atoms with Gasteiger partial charge in [0.05, 0.1) is 0 Å². The number of benzene rings is 1. The van der Waals surface area contributed by atoms with Gasteiger partial charge in [-0.05, 0) is 42.6 Å². The van der Waals surface area contributed by atoms with Crippen LogP contribution in [0.4, 0.5) is 10.1 Å². The van der Waals surface area contributed by atoms with Gasteiger partial charge in [-0.3, -0.25) is 0 Å². The Balaban J connectivity index is 2.64. The number of nitrogens with two attached hydrogens (primary N) is 1. The maximum absolute atomic E-state index is 12.8. The van der Waals surface area contributed by atoms with Gasteiger partial charge in [0, 0.05) is 19.3 Å². The Labute approximate surface area is 97.3 Å². The lowest BCUT2D eigenvalue weighted by Gasteiger charge is -2.31. The number of halogens is 1. The van der Waals surface area contributed by atoms with Crippen LogP contribution in [0.2, 0.25) is 0 Å². The van der Waals surface area contributed by atoms with E-state index in [2.05, 4.69) is 18.7 Å². The van der Waals surface area contributed by atoms with Gasteiger partial charge in [0.15, 0.2) is 0 Å². The lowest BCUT2D eigenvalue weighted by Crippen LogP contribution is -2.32. The van der Waals surface area contributed by atoms with Crippen LogP contribution in [0.5, 0.6) is 0 Å². The Hall–Kier alpha value is -1.09. The molecule has 0 heterocycles. The number of nitrogens with zero attached hydrogens (tertiary/aromatic N) is 1. The highest BCUT2D eigenvalue weighted by Gasteiger charge is 2.19. The van der Waals surface area contributed by atoms with Crippen molar-refractivity contribution in [3.8, 4) is 0 Å². The molecule has 0 spiro atoms. The smallest absolute Gasteiger partial charge is 0.123 e. The third-order valence-electron chi connectivity index (χ3n) is 2.75. The summed E-state index contributed by atoms with van der Waals surface area (Å²) < 4.78 is 12.8. The van der Waals surface area contributed by atoms with Crippen molar-refractivity contribution in [3.05, 3.63) is 30.1 Å². The van der Waals surface area contributed by atoms with Gasteiger partial charge in [0.1, 0.15) is 5.82 Å². The maximum Gasteiger partial charge on any atom is 0.123 e. The Morgan fingerprint density at radius 1 is 1.25 bits per heavy atom. The molecule has 0 aliphatic carbocycles. The molecule has 0 aliphatic heterocycles. The van der Waals surface area contributed by atoms with Crippen LogP contribution in [0.15, 0.2) is 24.3 Å². The number of hydrogen-bond donors (Lipinski definition) is 1. The monoisotopic (exact) mass is 224 g/mol. The lowest BCUT2D eigenvalue weighted by atomic mass is 9.89. The second-order valence-corrected chi connectivity index (χ2v) is 5.04. The number of anilines is 1. The highest BCUT2D eigenvalue weighted by Crippen LogP contribution is 2.23. The quantitative estimate of drug-likeness (QED) is 0.833. The van der Waals surface area contributed by atoms with Crippen molar-refractivity contribution >= 4 is 5.69 Å². The summed E-state index contributed by atoms with van der Waals surface area (Å²) in [4.78, 5) is 2.13. The Kier molecular flexibility index (Phi) is 4.30. The first-order valence-electron chi connectivity index (χ1n) is 5.61. The minimum atomic E-state index is -0.196. The SMILES string of the molecule is CN(CC(C)(C)CCN)c1ccc(F)cc1. The van der Waals surface area contributed by atoms with Gasteiger partial charge in [-0.25, -0.2) is 4.39 Å². The fraction of sp³-hybridized carbons (Fsp3) is 0.538. The molecule has 2 nitrogen and oxygen atoms in total. The van der Waals surface area contributed by atoms with Crippen LogP contribution in [0, 0.1) is 11.2 Å². The molecule has 0 saturated carbocycles. The zero-order valence-corrected chi connectivity index (χ0v) is 10.3. The van der Waals surface area contributed by atoms with E-state index in [0.717, 1.165) is 18.7 Å². The molecule has 1 rings (SSSR count). The topological polar surface area (TPSA) is 29.3 Å². The van der Waals surface area contributed by atoms with Crippen molar-refractivity contribution < 1.29 is 4.39 Å². The molecule has 0 aliphatic rings. The van der Waals surface area contributed by atoms with E-state index in [0.29, 0.717) is 6.54 Å². The van der Waals surface area contributed by atoms with Gasteiger partial charge in [-0.2, -0.15) is 0 Å². The first-order chi connectivity index (χ1) is 7.44. The zero-order chi connectivity index (χ0) is 12.2. The second-order valence-electron chi connectivity index (χ2n) is 5.04. The number of hydrogen-bond acceptors (Lipinski definition) is 2. The predicted molar refractivity (Wildman–Crippen MR) is 67.1 cm³/mol. The third-order valence-corrected chi connectivity index (χ3v) is 2.75. The van der Waals surface area contributed by atoms with Crippen LogP contribution in [0.3, 0.4) is 0 Å². The normalized spacial score (nSPS) is 11.6. The van der Waals surface area contributed by atoms with Crippen molar-refractivity contribution in [2.45, 2.75) is 20.3 Å². The minimum absolute atomic E-state index is 0.178. The average molecular weight is 224 g/mol. The van der Waals surface area contributed by atoms with Crippen molar-refractivity contribution in [2.24, 2.45) is 11.1 Å². The van der Waals surface area contributed by atoms with Crippen LogP contribution >= 0.6 is 0 Å². The summed E-state index contributed by atoms with van der Waals surface area (Å²) in [6, 6.07) is 6.57. The summed E-state index contributed by atoms with van der Waals surface area (Å²) in [6.07, 6.45) is 0.985. The fourth-order valence-corrected chi connectivity index (χ4v) is 1.90. The molecule has 0 radical (unpaired) electrons. The third kappa shape index (κ3) is 3.81. The van der Waals surface area contributed by atoms with Gasteiger partial charge in [0.25, 0.3) is 0 Å². The molecule has 0 unspecified atom stereocenters. The maximum atomic E-state index is 12.8. The molecule has 2 N–H and O–H groups in total. The first-order valence-corrected chi connectivity index (χ1v) is 5.61. The molecule has 1 aromatic carbocycles. The van der Waals surface area contributed by atoms with Gasteiger partial charge in [-0.1, -0.05) is 13.8 Å². The molecule has 0 saturated heterocycles. The van der Waals surface area contributed by atoms with E-state index >= 15 is 0 Å². The zero-order valence-electron chi connectivity index (χ0n) is 10.3. The van der Waals surface area contributed by atoms with E-state index in [4.69, 9.17) is 5.73 Å². The molecular weight excluding hydrogens is 203 g/mol. The second kappa shape index (κ2) is 5.30. The highest BCUT2D eigenvalue weighted by atomic mass is 19.1. The predicted octanol–water partition coefficient (Wildman–Crippen LogP) is 2.64. The Bertz CT molecular complexity index is 319.